The number of amides is 1. The van der Waals surface area contributed by atoms with Gasteiger partial charge in [-0.3, -0.25) is 9.78 Å². The molecule has 1 aliphatic rings. The number of nitrogens with zero attached hydrogens (tertiary/aromatic N) is 4. The fourth-order valence-electron chi connectivity index (χ4n) is 2.36. The average molecular weight is 271 g/mol. The van der Waals surface area contributed by atoms with Gasteiger partial charge in [-0.1, -0.05) is 0 Å². The molecule has 1 fully saturated rings. The molecule has 0 bridgehead atoms. The minimum Gasteiger partial charge on any atom is -0.339 e. The van der Waals surface area contributed by atoms with Gasteiger partial charge in [0.15, 0.2) is 0 Å². The molecular weight excluding hydrogens is 254 g/mol. The zero-order valence-corrected chi connectivity index (χ0v) is 11.2. The molecular formula is C14H17N5O. The van der Waals surface area contributed by atoms with E-state index in [-0.39, 0.29) is 5.91 Å². The maximum atomic E-state index is 12.3. The smallest absolute Gasteiger partial charge is 0.242 e. The van der Waals surface area contributed by atoms with Crippen LogP contribution in [0.1, 0.15) is 0 Å². The van der Waals surface area contributed by atoms with E-state index in [2.05, 4.69) is 15.3 Å². The molecule has 20 heavy (non-hydrogen) atoms. The third kappa shape index (κ3) is 2.70. The number of imidazole rings is 1. The first kappa shape index (κ1) is 12.8. The molecule has 6 heteroatoms. The Morgan fingerprint density at radius 3 is 2.85 bits per heavy atom. The SMILES string of the molecule is O=C(Cn1cncc1-c1cccnc1)N1CCNCC1. The number of hydrogen-bond acceptors (Lipinski definition) is 4. The third-order valence-corrected chi connectivity index (χ3v) is 3.44. The Kier molecular flexibility index (Phi) is 3.73. The molecule has 104 valence electrons. The van der Waals surface area contributed by atoms with Crippen molar-refractivity contribution in [2.75, 3.05) is 26.2 Å². The average Bonchev–Trinajstić information content (AvgIpc) is 2.97. The number of carbonyl (C=O) groups is 1. The molecule has 3 heterocycles. The molecule has 0 aliphatic carbocycles. The summed E-state index contributed by atoms with van der Waals surface area (Å²) in [5.41, 5.74) is 1.89. The summed E-state index contributed by atoms with van der Waals surface area (Å²) in [5.74, 6) is 0.134. The second-order valence-corrected chi connectivity index (χ2v) is 4.78. The highest BCUT2D eigenvalue weighted by Crippen LogP contribution is 2.17. The minimum atomic E-state index is 0.134. The molecule has 6 nitrogen and oxygen atoms in total. The lowest BCUT2D eigenvalue weighted by Crippen LogP contribution is -2.47. The summed E-state index contributed by atoms with van der Waals surface area (Å²) in [5, 5.41) is 3.24. The van der Waals surface area contributed by atoms with Crippen molar-refractivity contribution >= 4 is 5.91 Å². The van der Waals surface area contributed by atoms with Gasteiger partial charge in [-0.15, -0.1) is 0 Å². The van der Waals surface area contributed by atoms with Crippen molar-refractivity contribution in [3.8, 4) is 11.3 Å². The molecule has 1 amide bonds. The number of hydrogen-bond donors (Lipinski definition) is 1. The molecule has 0 atom stereocenters. The number of pyridine rings is 1. The van der Waals surface area contributed by atoms with Crippen LogP contribution in [0, 0.1) is 0 Å². The van der Waals surface area contributed by atoms with Crippen LogP contribution in [-0.2, 0) is 11.3 Å². The van der Waals surface area contributed by atoms with Gasteiger partial charge >= 0.3 is 0 Å². The number of piperazine rings is 1. The molecule has 3 rings (SSSR count). The minimum absolute atomic E-state index is 0.134. The van der Waals surface area contributed by atoms with Crippen molar-refractivity contribution in [2.24, 2.45) is 0 Å². The zero-order valence-electron chi connectivity index (χ0n) is 11.2. The predicted octanol–water partition coefficient (Wildman–Crippen LogP) is 0.377. The molecule has 1 saturated heterocycles. The van der Waals surface area contributed by atoms with E-state index in [9.17, 15) is 4.79 Å². The molecule has 0 aromatic carbocycles. The van der Waals surface area contributed by atoms with Gasteiger partial charge < -0.3 is 14.8 Å². The third-order valence-electron chi connectivity index (χ3n) is 3.44. The fourth-order valence-corrected chi connectivity index (χ4v) is 2.36. The van der Waals surface area contributed by atoms with Crippen molar-refractivity contribution < 1.29 is 4.79 Å². The summed E-state index contributed by atoms with van der Waals surface area (Å²) in [7, 11) is 0. The highest BCUT2D eigenvalue weighted by atomic mass is 16.2. The van der Waals surface area contributed by atoms with Gasteiger partial charge in [0.1, 0.15) is 6.54 Å². The second-order valence-electron chi connectivity index (χ2n) is 4.78. The summed E-state index contributed by atoms with van der Waals surface area (Å²) in [4.78, 5) is 22.4. The van der Waals surface area contributed by atoms with Crippen molar-refractivity contribution in [1.29, 1.82) is 0 Å². The first-order valence-electron chi connectivity index (χ1n) is 6.73. The molecule has 2 aromatic heterocycles. The Morgan fingerprint density at radius 1 is 1.25 bits per heavy atom. The van der Waals surface area contributed by atoms with Crippen molar-refractivity contribution in [1.82, 2.24) is 24.8 Å². The normalized spacial score (nSPS) is 15.3. The van der Waals surface area contributed by atoms with Gasteiger partial charge in [-0.25, -0.2) is 4.98 Å². The topological polar surface area (TPSA) is 63.1 Å². The molecule has 1 aliphatic heterocycles. The van der Waals surface area contributed by atoms with E-state index < -0.39 is 0 Å². The summed E-state index contributed by atoms with van der Waals surface area (Å²) < 4.78 is 1.88. The van der Waals surface area contributed by atoms with Gasteiger partial charge in [-0.2, -0.15) is 0 Å². The van der Waals surface area contributed by atoms with Gasteiger partial charge in [0.2, 0.25) is 5.91 Å². The van der Waals surface area contributed by atoms with Crippen LogP contribution < -0.4 is 5.32 Å². The first-order valence-corrected chi connectivity index (χ1v) is 6.73. The van der Waals surface area contributed by atoms with Gasteiger partial charge in [0, 0.05) is 44.1 Å². The van der Waals surface area contributed by atoms with Crippen LogP contribution in [0.5, 0.6) is 0 Å². The van der Waals surface area contributed by atoms with E-state index >= 15 is 0 Å². The molecule has 2 aromatic rings. The first-order chi connectivity index (χ1) is 9.84. The lowest BCUT2D eigenvalue weighted by Gasteiger charge is -2.27. The van der Waals surface area contributed by atoms with Gasteiger partial charge in [0.05, 0.1) is 18.2 Å². The maximum Gasteiger partial charge on any atom is 0.242 e. The Hall–Kier alpha value is -2.21. The summed E-state index contributed by atoms with van der Waals surface area (Å²) >= 11 is 0. The molecule has 0 spiro atoms. The Morgan fingerprint density at radius 2 is 2.10 bits per heavy atom. The highest BCUT2D eigenvalue weighted by molar-refractivity contribution is 5.77. The van der Waals surface area contributed by atoms with E-state index in [1.807, 2.05) is 21.6 Å². The summed E-state index contributed by atoms with van der Waals surface area (Å²) in [6, 6.07) is 3.85. The van der Waals surface area contributed by atoms with Crippen LogP contribution in [0.2, 0.25) is 0 Å². The Balaban J connectivity index is 1.75. The van der Waals surface area contributed by atoms with Gasteiger partial charge in [-0.05, 0) is 12.1 Å². The summed E-state index contributed by atoms with van der Waals surface area (Å²) in [6.07, 6.45) is 6.98. The molecule has 0 unspecified atom stereocenters. The largest absolute Gasteiger partial charge is 0.339 e. The second kappa shape index (κ2) is 5.83. The van der Waals surface area contributed by atoms with Crippen molar-refractivity contribution in [3.05, 3.63) is 37.1 Å². The number of aromatic nitrogens is 3. The Bertz CT molecular complexity index is 574. The molecule has 0 radical (unpaired) electrons. The van der Waals surface area contributed by atoms with Crippen LogP contribution >= 0.6 is 0 Å². The van der Waals surface area contributed by atoms with E-state index in [1.54, 1.807) is 24.9 Å². The molecule has 1 N–H and O–H groups in total. The van der Waals surface area contributed by atoms with Crippen LogP contribution in [0.15, 0.2) is 37.1 Å². The lowest BCUT2D eigenvalue weighted by molar-refractivity contribution is -0.132. The predicted molar refractivity (Wildman–Crippen MR) is 74.9 cm³/mol. The van der Waals surface area contributed by atoms with E-state index in [0.717, 1.165) is 37.4 Å². The monoisotopic (exact) mass is 271 g/mol. The van der Waals surface area contributed by atoms with Crippen LogP contribution in [0.25, 0.3) is 11.3 Å². The van der Waals surface area contributed by atoms with Gasteiger partial charge in [0.25, 0.3) is 0 Å². The van der Waals surface area contributed by atoms with Crippen molar-refractivity contribution in [2.45, 2.75) is 6.54 Å². The van der Waals surface area contributed by atoms with Crippen LogP contribution in [-0.4, -0.2) is 51.5 Å². The van der Waals surface area contributed by atoms with E-state index in [1.165, 1.54) is 0 Å². The van der Waals surface area contributed by atoms with Crippen molar-refractivity contribution in [3.63, 3.8) is 0 Å². The quantitative estimate of drug-likeness (QED) is 0.876. The number of nitrogens with one attached hydrogen (secondary N) is 1. The van der Waals surface area contributed by atoms with E-state index in [0.29, 0.717) is 6.54 Å². The highest BCUT2D eigenvalue weighted by Gasteiger charge is 2.17. The molecule has 0 saturated carbocycles. The standard InChI is InChI=1S/C14H17N5O/c20-14(18-6-4-15-5-7-18)10-19-11-17-9-13(19)12-2-1-3-16-8-12/h1-3,8-9,11,15H,4-7,10H2. The lowest BCUT2D eigenvalue weighted by atomic mass is 10.2. The van der Waals surface area contributed by atoms with Crippen LogP contribution in [0.4, 0.5) is 0 Å². The Labute approximate surface area is 117 Å². The van der Waals surface area contributed by atoms with E-state index in [4.69, 9.17) is 0 Å². The zero-order chi connectivity index (χ0) is 13.8. The van der Waals surface area contributed by atoms with Crippen LogP contribution in [0.3, 0.4) is 0 Å². The number of carbonyl (C=O) groups excluding carboxylic acids is 1. The summed E-state index contributed by atoms with van der Waals surface area (Å²) in [6.45, 7) is 3.60. The number of rotatable bonds is 3. The maximum absolute atomic E-state index is 12.3. The fraction of sp³-hybridized carbons (Fsp3) is 0.357.